The van der Waals surface area contributed by atoms with Crippen molar-refractivity contribution in [2.45, 2.75) is 303 Å². The summed E-state index contributed by atoms with van der Waals surface area (Å²) in [7, 11) is 0. The number of carbonyl (C=O) groups is 3. The van der Waals surface area contributed by atoms with Gasteiger partial charge in [0.25, 0.3) is 0 Å². The Balaban J connectivity index is 4.24. The minimum atomic E-state index is -0.786. The van der Waals surface area contributed by atoms with Gasteiger partial charge in [0.05, 0.1) is 0 Å². The molecule has 0 fully saturated rings. The smallest absolute Gasteiger partial charge is 0.306 e. The minimum Gasteiger partial charge on any atom is -0.462 e. The van der Waals surface area contributed by atoms with Crippen molar-refractivity contribution in [1.29, 1.82) is 0 Å². The summed E-state index contributed by atoms with van der Waals surface area (Å²) < 4.78 is 16.9. The zero-order valence-corrected chi connectivity index (χ0v) is 49.7. The van der Waals surface area contributed by atoms with E-state index in [9.17, 15) is 14.4 Å². The Morgan fingerprint density at radius 2 is 0.513 bits per heavy atom. The Kier molecular flexibility index (Phi) is 60.3. The number of unbranched alkanes of at least 4 members (excludes halogenated alkanes) is 28. The predicted octanol–water partition coefficient (Wildman–Crippen LogP) is 21.8. The van der Waals surface area contributed by atoms with Crippen LogP contribution in [0.5, 0.6) is 0 Å². The Morgan fingerprint density at radius 3 is 0.803 bits per heavy atom. The summed E-state index contributed by atoms with van der Waals surface area (Å²) in [6, 6.07) is 0. The van der Waals surface area contributed by atoms with Crippen LogP contribution in [0.25, 0.3) is 0 Å². The van der Waals surface area contributed by atoms with Crippen LogP contribution in [-0.4, -0.2) is 37.2 Å². The van der Waals surface area contributed by atoms with Gasteiger partial charge in [0.15, 0.2) is 6.10 Å². The molecule has 0 amide bonds. The Bertz CT molecular complexity index is 1540. The summed E-state index contributed by atoms with van der Waals surface area (Å²) in [4.78, 5) is 38.1. The van der Waals surface area contributed by atoms with Crippen LogP contribution in [0.3, 0.4) is 0 Å². The van der Waals surface area contributed by atoms with Crippen LogP contribution in [0.2, 0.25) is 0 Å². The van der Waals surface area contributed by atoms with Crippen LogP contribution < -0.4 is 0 Å². The van der Waals surface area contributed by atoms with E-state index >= 15 is 0 Å². The van der Waals surface area contributed by atoms with Gasteiger partial charge in [-0.15, -0.1) is 0 Å². The van der Waals surface area contributed by atoms with E-state index < -0.39 is 6.10 Å². The van der Waals surface area contributed by atoms with Gasteiger partial charge >= 0.3 is 17.9 Å². The van der Waals surface area contributed by atoms with Crippen LogP contribution in [-0.2, 0) is 28.6 Å². The molecule has 1 unspecified atom stereocenters. The van der Waals surface area contributed by atoms with E-state index in [1.54, 1.807) is 0 Å². The molecule has 6 heteroatoms. The van der Waals surface area contributed by atoms with Crippen LogP contribution in [0.4, 0.5) is 0 Å². The molecule has 0 radical (unpaired) electrons. The van der Waals surface area contributed by atoms with Gasteiger partial charge in [-0.25, -0.2) is 0 Å². The second-order valence-corrected chi connectivity index (χ2v) is 20.9. The molecule has 1 atom stereocenters. The lowest BCUT2D eigenvalue weighted by molar-refractivity contribution is -0.167. The maximum absolute atomic E-state index is 12.9. The van der Waals surface area contributed by atoms with Crippen molar-refractivity contribution in [3.05, 3.63) is 109 Å². The molecule has 0 aliphatic rings. The average Bonchev–Trinajstić information content (AvgIpc) is 3.42. The number of rotatable bonds is 57. The largest absolute Gasteiger partial charge is 0.462 e. The fourth-order valence-corrected chi connectivity index (χ4v) is 8.75. The summed E-state index contributed by atoms with van der Waals surface area (Å²) >= 11 is 0. The van der Waals surface area contributed by atoms with Crippen molar-refractivity contribution in [3.63, 3.8) is 0 Å². The fourth-order valence-electron chi connectivity index (χ4n) is 8.75. The lowest BCUT2D eigenvalue weighted by Crippen LogP contribution is -2.30. The van der Waals surface area contributed by atoms with E-state index in [1.807, 2.05) is 0 Å². The molecule has 6 nitrogen and oxygen atoms in total. The fraction of sp³-hybridized carbons (Fsp3) is 0.700. The maximum Gasteiger partial charge on any atom is 0.306 e. The van der Waals surface area contributed by atoms with Gasteiger partial charge in [0.2, 0.25) is 0 Å². The summed E-state index contributed by atoms with van der Waals surface area (Å²) in [5, 5.41) is 0. The first-order valence-corrected chi connectivity index (χ1v) is 31.9. The number of allylic oxidation sites excluding steroid dienone is 18. The number of carbonyl (C=O) groups excluding carboxylic acids is 3. The Hall–Kier alpha value is -3.93. The maximum atomic E-state index is 12.9. The zero-order chi connectivity index (χ0) is 55.0. The second-order valence-electron chi connectivity index (χ2n) is 20.9. The third kappa shape index (κ3) is 60.9. The molecule has 0 aliphatic carbocycles. The first-order valence-electron chi connectivity index (χ1n) is 31.9. The molecule has 0 aromatic carbocycles. The number of esters is 3. The molecule has 0 spiro atoms. The normalized spacial score (nSPS) is 12.8. The van der Waals surface area contributed by atoms with E-state index in [-0.39, 0.29) is 31.1 Å². The van der Waals surface area contributed by atoms with Gasteiger partial charge < -0.3 is 14.2 Å². The molecule has 0 rings (SSSR count). The second kappa shape index (κ2) is 63.6. The zero-order valence-electron chi connectivity index (χ0n) is 49.7. The van der Waals surface area contributed by atoms with E-state index in [4.69, 9.17) is 14.2 Å². The van der Waals surface area contributed by atoms with E-state index in [1.165, 1.54) is 135 Å². The first-order chi connectivity index (χ1) is 37.5. The molecule has 0 heterocycles. The number of ether oxygens (including phenoxy) is 3. The van der Waals surface area contributed by atoms with Crippen LogP contribution >= 0.6 is 0 Å². The SMILES string of the molecule is CC/C=C\C/C=C\C/C=C\C/C=C\C/C=C\C/C=C\CCCCCCCCCCC(=O)OCC(COC(=O)CCCCCCCCCC)OC(=O)CCCCCCCCCC/C=C\C/C=C\C/C=C\CCCCCCC. The van der Waals surface area contributed by atoms with Gasteiger partial charge in [0.1, 0.15) is 13.2 Å². The van der Waals surface area contributed by atoms with Crippen molar-refractivity contribution in [2.75, 3.05) is 13.2 Å². The highest BCUT2D eigenvalue weighted by Gasteiger charge is 2.19. The van der Waals surface area contributed by atoms with E-state index in [0.29, 0.717) is 19.3 Å². The number of hydrogen-bond acceptors (Lipinski definition) is 6. The molecular formula is C70H118O6. The first kappa shape index (κ1) is 72.1. The van der Waals surface area contributed by atoms with Crippen molar-refractivity contribution in [1.82, 2.24) is 0 Å². The van der Waals surface area contributed by atoms with Crippen molar-refractivity contribution in [3.8, 4) is 0 Å². The molecule has 0 N–H and O–H groups in total. The number of hydrogen-bond donors (Lipinski definition) is 0. The van der Waals surface area contributed by atoms with Crippen LogP contribution in [0.15, 0.2) is 109 Å². The van der Waals surface area contributed by atoms with Crippen LogP contribution in [0, 0.1) is 0 Å². The third-order valence-corrected chi connectivity index (χ3v) is 13.5. The van der Waals surface area contributed by atoms with Gasteiger partial charge in [-0.1, -0.05) is 278 Å². The lowest BCUT2D eigenvalue weighted by Gasteiger charge is -2.18. The Morgan fingerprint density at radius 1 is 0.276 bits per heavy atom. The van der Waals surface area contributed by atoms with Gasteiger partial charge in [0, 0.05) is 19.3 Å². The quantitative estimate of drug-likeness (QED) is 0.0261. The molecule has 0 saturated carbocycles. The summed E-state index contributed by atoms with van der Waals surface area (Å²) in [5.74, 6) is -0.898. The molecular weight excluding hydrogens is 937 g/mol. The van der Waals surface area contributed by atoms with E-state index in [0.717, 1.165) is 122 Å². The summed E-state index contributed by atoms with van der Waals surface area (Å²) in [6.07, 6.45) is 86.7. The average molecular weight is 1060 g/mol. The molecule has 0 bridgehead atoms. The Labute approximate surface area is 470 Å². The molecule has 0 aliphatic heterocycles. The molecule has 0 aromatic rings. The van der Waals surface area contributed by atoms with Crippen LogP contribution in [0.1, 0.15) is 297 Å². The topological polar surface area (TPSA) is 78.9 Å². The third-order valence-electron chi connectivity index (χ3n) is 13.5. The van der Waals surface area contributed by atoms with Gasteiger partial charge in [-0.2, -0.15) is 0 Å². The highest BCUT2D eigenvalue weighted by molar-refractivity contribution is 5.71. The van der Waals surface area contributed by atoms with E-state index in [2.05, 4.69) is 130 Å². The molecule has 434 valence electrons. The summed E-state index contributed by atoms with van der Waals surface area (Å²) in [5.41, 5.74) is 0. The molecule has 0 aromatic heterocycles. The van der Waals surface area contributed by atoms with Crippen molar-refractivity contribution >= 4 is 17.9 Å². The van der Waals surface area contributed by atoms with Crippen molar-refractivity contribution < 1.29 is 28.6 Å². The highest BCUT2D eigenvalue weighted by Crippen LogP contribution is 2.15. The molecule has 76 heavy (non-hydrogen) atoms. The standard InChI is InChI=1S/C70H118O6/c1-4-7-10-13-16-19-21-23-25-27-29-31-33-34-35-36-38-39-41-43-45-47-49-51-54-57-60-63-69(72)75-66-67(65-74-68(71)62-59-56-53-18-15-12-9-6-3)76-70(73)64-61-58-55-52-50-48-46-44-42-40-37-32-30-28-26-24-22-20-17-14-11-8-5-2/h7,10,16,19,22-25,28-31,34-35,37-40,67H,4-6,8-9,11-15,17-18,20-21,26-27,32-33,36,41-66H2,1-3H3/b10-7-,19-16-,24-22-,25-23-,30-28-,31-29-,35-34-,39-38-,40-37-. The molecule has 0 saturated heterocycles. The minimum absolute atomic E-state index is 0.0830. The predicted molar refractivity (Wildman–Crippen MR) is 330 cm³/mol. The van der Waals surface area contributed by atoms with Gasteiger partial charge in [-0.05, 0) is 109 Å². The highest BCUT2D eigenvalue weighted by atomic mass is 16.6. The summed E-state index contributed by atoms with van der Waals surface area (Å²) in [6.45, 7) is 6.49. The monoisotopic (exact) mass is 1050 g/mol. The van der Waals surface area contributed by atoms with Gasteiger partial charge in [-0.3, -0.25) is 14.4 Å². The lowest BCUT2D eigenvalue weighted by atomic mass is 10.1. The van der Waals surface area contributed by atoms with Crippen molar-refractivity contribution in [2.24, 2.45) is 0 Å².